The van der Waals surface area contributed by atoms with Crippen LogP contribution >= 0.6 is 0 Å². The molecule has 1 spiro atoms. The number of fused-ring (bicyclic) bond motifs is 5. The van der Waals surface area contributed by atoms with Crippen LogP contribution in [0.25, 0.3) is 0 Å². The Labute approximate surface area is 157 Å². The van der Waals surface area contributed by atoms with E-state index in [2.05, 4.69) is 13.8 Å². The van der Waals surface area contributed by atoms with Gasteiger partial charge in [-0.15, -0.1) is 0 Å². The molecule has 5 rings (SSSR count). The normalized spacial score (nSPS) is 56.2. The first-order chi connectivity index (χ1) is 12.3. The van der Waals surface area contributed by atoms with Crippen molar-refractivity contribution in [3.05, 3.63) is 0 Å². The molecule has 0 radical (unpaired) electrons. The molecule has 4 aliphatic carbocycles. The van der Waals surface area contributed by atoms with Gasteiger partial charge in [-0.05, 0) is 79.4 Å². The van der Waals surface area contributed by atoms with Crippen LogP contribution in [0.1, 0.15) is 65.7 Å². The summed E-state index contributed by atoms with van der Waals surface area (Å²) in [6.45, 7) is 8.27. The maximum Gasteiger partial charge on any atom is 0.168 e. The van der Waals surface area contributed by atoms with E-state index in [0.29, 0.717) is 36.9 Å². The molecule has 4 nitrogen and oxygen atoms in total. The van der Waals surface area contributed by atoms with Crippen LogP contribution in [0.3, 0.4) is 0 Å². The number of ether oxygens (including phenoxy) is 2. The van der Waals surface area contributed by atoms with Gasteiger partial charge in [-0.25, -0.2) is 0 Å². The van der Waals surface area contributed by atoms with E-state index in [1.54, 1.807) is 0 Å². The minimum atomic E-state index is -0.418. The van der Waals surface area contributed by atoms with Gasteiger partial charge < -0.3 is 19.7 Å². The predicted octanol–water partition coefficient (Wildman–Crippen LogP) is 3.35. The molecule has 0 amide bonds. The maximum atomic E-state index is 11.2. The molecule has 0 aromatic heterocycles. The van der Waals surface area contributed by atoms with Crippen LogP contribution in [0.4, 0.5) is 0 Å². The molecule has 2 N–H and O–H groups in total. The highest BCUT2D eigenvalue weighted by Gasteiger charge is 2.67. The van der Waals surface area contributed by atoms with E-state index in [9.17, 15) is 10.2 Å². The van der Waals surface area contributed by atoms with Gasteiger partial charge in [0.1, 0.15) is 0 Å². The summed E-state index contributed by atoms with van der Waals surface area (Å²) in [7, 11) is 0. The van der Waals surface area contributed by atoms with Gasteiger partial charge in [-0.2, -0.15) is 0 Å². The van der Waals surface area contributed by atoms with Gasteiger partial charge in [0.2, 0.25) is 0 Å². The zero-order valence-corrected chi connectivity index (χ0v) is 16.6. The summed E-state index contributed by atoms with van der Waals surface area (Å²) >= 11 is 0. The van der Waals surface area contributed by atoms with Crippen molar-refractivity contribution < 1.29 is 19.7 Å². The third kappa shape index (κ3) is 2.22. The Kier molecular flexibility index (Phi) is 3.91. The van der Waals surface area contributed by atoms with Crippen LogP contribution in [-0.2, 0) is 9.47 Å². The molecule has 1 aliphatic heterocycles. The third-order valence-electron chi connectivity index (χ3n) is 9.82. The van der Waals surface area contributed by atoms with Gasteiger partial charge >= 0.3 is 0 Å². The topological polar surface area (TPSA) is 58.9 Å². The van der Waals surface area contributed by atoms with Crippen molar-refractivity contribution in [3.63, 3.8) is 0 Å². The van der Waals surface area contributed by atoms with Crippen molar-refractivity contribution in [2.45, 2.75) is 83.7 Å². The van der Waals surface area contributed by atoms with E-state index < -0.39 is 5.79 Å². The summed E-state index contributed by atoms with van der Waals surface area (Å²) in [6, 6.07) is 0. The van der Waals surface area contributed by atoms with E-state index in [0.717, 1.165) is 32.1 Å². The second kappa shape index (κ2) is 5.68. The van der Waals surface area contributed by atoms with Crippen molar-refractivity contribution in [2.75, 3.05) is 13.2 Å². The van der Waals surface area contributed by atoms with Crippen molar-refractivity contribution >= 4 is 0 Å². The zero-order chi connectivity index (χ0) is 18.3. The highest BCUT2D eigenvalue weighted by molar-refractivity contribution is 5.15. The van der Waals surface area contributed by atoms with Crippen molar-refractivity contribution in [1.29, 1.82) is 0 Å². The lowest BCUT2D eigenvalue weighted by molar-refractivity contribution is -0.237. The Morgan fingerprint density at radius 1 is 0.923 bits per heavy atom. The molecule has 9 atom stereocenters. The summed E-state index contributed by atoms with van der Waals surface area (Å²) in [4.78, 5) is 0. The molecule has 4 heteroatoms. The van der Waals surface area contributed by atoms with Crippen LogP contribution < -0.4 is 0 Å². The Morgan fingerprint density at radius 3 is 2.35 bits per heavy atom. The molecule has 0 bridgehead atoms. The summed E-state index contributed by atoms with van der Waals surface area (Å²) in [6.07, 6.45) is 7.03. The minimum absolute atomic E-state index is 0.180. The SMILES string of the molecule is C[C@H](O)[C@@H]1CC[C@@H]2[C@@H]3C[C@H](O)[C@H]4CC5(CC[C@]4(C)[C@H]3C[C@]21C)OCCO5. The average molecular weight is 365 g/mol. The molecular formula is C22H36O4. The van der Waals surface area contributed by atoms with Gasteiger partial charge in [0, 0.05) is 12.8 Å². The number of aliphatic hydroxyl groups is 2. The first kappa shape index (κ1) is 17.9. The largest absolute Gasteiger partial charge is 0.393 e. The Morgan fingerprint density at radius 2 is 1.65 bits per heavy atom. The highest BCUT2D eigenvalue weighted by Crippen LogP contribution is 2.71. The van der Waals surface area contributed by atoms with Gasteiger partial charge in [0.25, 0.3) is 0 Å². The van der Waals surface area contributed by atoms with E-state index in [4.69, 9.17) is 9.47 Å². The molecule has 0 aromatic rings. The molecule has 4 saturated carbocycles. The average Bonchev–Trinajstić information content (AvgIpc) is 3.24. The number of rotatable bonds is 1. The van der Waals surface area contributed by atoms with Gasteiger partial charge in [-0.3, -0.25) is 0 Å². The molecule has 0 unspecified atom stereocenters. The number of aliphatic hydroxyl groups excluding tert-OH is 2. The lowest BCUT2D eigenvalue weighted by Crippen LogP contribution is -2.56. The lowest BCUT2D eigenvalue weighted by atomic mass is 9.50. The monoisotopic (exact) mass is 364 g/mol. The predicted molar refractivity (Wildman–Crippen MR) is 98.3 cm³/mol. The smallest absolute Gasteiger partial charge is 0.168 e. The summed E-state index contributed by atoms with van der Waals surface area (Å²) in [5.74, 6) is 2.26. The Bertz CT molecular complexity index is 570. The van der Waals surface area contributed by atoms with E-state index in [1.165, 1.54) is 12.8 Å². The maximum absolute atomic E-state index is 11.2. The molecule has 0 aromatic carbocycles. The molecular weight excluding hydrogens is 328 g/mol. The first-order valence-corrected chi connectivity index (χ1v) is 10.9. The fraction of sp³-hybridized carbons (Fsp3) is 1.00. The van der Waals surface area contributed by atoms with Gasteiger partial charge in [0.15, 0.2) is 5.79 Å². The summed E-state index contributed by atoms with van der Waals surface area (Å²) < 4.78 is 12.0. The molecule has 5 fully saturated rings. The Hall–Kier alpha value is -0.160. The summed E-state index contributed by atoms with van der Waals surface area (Å²) in [5.41, 5.74) is 0.427. The molecule has 1 saturated heterocycles. The van der Waals surface area contributed by atoms with E-state index >= 15 is 0 Å². The second-order valence-electron chi connectivity index (χ2n) is 10.7. The molecule has 26 heavy (non-hydrogen) atoms. The minimum Gasteiger partial charge on any atom is -0.393 e. The van der Waals surface area contributed by atoms with Crippen molar-refractivity contribution in [2.24, 2.45) is 40.4 Å². The lowest BCUT2D eigenvalue weighted by Gasteiger charge is -2.57. The van der Waals surface area contributed by atoms with Crippen LogP contribution in [-0.4, -0.2) is 41.4 Å². The van der Waals surface area contributed by atoms with Crippen molar-refractivity contribution in [1.82, 2.24) is 0 Å². The van der Waals surface area contributed by atoms with Crippen LogP contribution in [0, 0.1) is 40.4 Å². The van der Waals surface area contributed by atoms with E-state index in [-0.39, 0.29) is 29.0 Å². The summed E-state index contributed by atoms with van der Waals surface area (Å²) in [5, 5.41) is 21.6. The van der Waals surface area contributed by atoms with Gasteiger partial charge in [0.05, 0.1) is 25.4 Å². The van der Waals surface area contributed by atoms with Crippen LogP contribution in [0.5, 0.6) is 0 Å². The quantitative estimate of drug-likeness (QED) is 0.749. The van der Waals surface area contributed by atoms with Crippen LogP contribution in [0.15, 0.2) is 0 Å². The standard InChI is InChI=1S/C22H36O4/c1-13(23)15-4-5-16-14-10-19(24)18-12-22(25-8-9-26-22)7-6-20(18,2)17(14)11-21(15,16)3/h13-19,23-24H,4-12H2,1-3H3/t13-,14-,15-,16+,17-,18+,19-,20+,21-/m0/s1. The second-order valence-corrected chi connectivity index (χ2v) is 10.7. The van der Waals surface area contributed by atoms with E-state index in [1.807, 2.05) is 6.92 Å². The Balaban J connectivity index is 1.46. The molecule has 1 heterocycles. The number of hydrogen-bond donors (Lipinski definition) is 2. The van der Waals surface area contributed by atoms with Crippen molar-refractivity contribution in [3.8, 4) is 0 Å². The molecule has 5 aliphatic rings. The zero-order valence-electron chi connectivity index (χ0n) is 16.6. The highest BCUT2D eigenvalue weighted by atomic mass is 16.7. The first-order valence-electron chi connectivity index (χ1n) is 10.9. The van der Waals surface area contributed by atoms with Gasteiger partial charge in [-0.1, -0.05) is 13.8 Å². The fourth-order valence-electron chi connectivity index (χ4n) is 8.60. The third-order valence-corrected chi connectivity index (χ3v) is 9.82. The fourth-order valence-corrected chi connectivity index (χ4v) is 8.60. The van der Waals surface area contributed by atoms with Crippen LogP contribution in [0.2, 0.25) is 0 Å². The molecule has 148 valence electrons. The number of hydrogen-bond acceptors (Lipinski definition) is 4.